The molecule has 0 aliphatic carbocycles. The van der Waals surface area contributed by atoms with E-state index in [2.05, 4.69) is 4.98 Å². The van der Waals surface area contributed by atoms with Crippen molar-refractivity contribution in [3.8, 4) is 5.75 Å². The smallest absolute Gasteiger partial charge is 0.168 e. The van der Waals surface area contributed by atoms with Gasteiger partial charge in [-0.05, 0) is 38.0 Å². The molecule has 0 radical (unpaired) electrons. The van der Waals surface area contributed by atoms with Gasteiger partial charge in [0.15, 0.2) is 5.78 Å². The summed E-state index contributed by atoms with van der Waals surface area (Å²) in [7, 11) is 0. The number of carbonyl (C=O) groups excluding carboxylic acids is 1. The molecule has 1 aromatic carbocycles. The highest BCUT2D eigenvalue weighted by molar-refractivity contribution is 6.09. The first kappa shape index (κ1) is 13.2. The molecule has 20 heavy (non-hydrogen) atoms. The van der Waals surface area contributed by atoms with E-state index in [4.69, 9.17) is 9.47 Å². The zero-order valence-electron chi connectivity index (χ0n) is 11.6. The van der Waals surface area contributed by atoms with Gasteiger partial charge in [0, 0.05) is 41.8 Å². The predicted octanol–water partition coefficient (Wildman–Crippen LogP) is 3.18. The lowest BCUT2D eigenvalue weighted by Gasteiger charge is -2.20. The number of H-pyrrole nitrogens is 1. The number of hydrogen-bond donors (Lipinski definition) is 1. The van der Waals surface area contributed by atoms with E-state index in [-0.39, 0.29) is 11.7 Å². The second-order valence-electron chi connectivity index (χ2n) is 5.09. The van der Waals surface area contributed by atoms with Gasteiger partial charge in [-0.2, -0.15) is 0 Å². The largest absolute Gasteiger partial charge is 0.494 e. The molecule has 1 fully saturated rings. The molecule has 0 spiro atoms. The van der Waals surface area contributed by atoms with Crippen LogP contribution >= 0.6 is 0 Å². The summed E-state index contributed by atoms with van der Waals surface area (Å²) >= 11 is 0. The lowest BCUT2D eigenvalue weighted by molar-refractivity contribution is 0.0546. The van der Waals surface area contributed by atoms with Crippen molar-refractivity contribution < 1.29 is 14.3 Å². The second kappa shape index (κ2) is 5.67. The number of nitrogens with one attached hydrogen (secondary N) is 1. The average Bonchev–Trinajstić information content (AvgIpc) is 2.91. The van der Waals surface area contributed by atoms with E-state index < -0.39 is 0 Å². The Morgan fingerprint density at radius 3 is 2.95 bits per heavy atom. The topological polar surface area (TPSA) is 51.3 Å². The van der Waals surface area contributed by atoms with Crippen molar-refractivity contribution in [2.24, 2.45) is 5.92 Å². The zero-order valence-corrected chi connectivity index (χ0v) is 11.6. The van der Waals surface area contributed by atoms with Gasteiger partial charge in [-0.3, -0.25) is 4.79 Å². The highest BCUT2D eigenvalue weighted by Gasteiger charge is 2.24. The number of Topliss-reactive ketones (excluding diaryl/α,β-unsaturated/α-hetero) is 1. The minimum atomic E-state index is 0.0819. The van der Waals surface area contributed by atoms with Crippen molar-refractivity contribution in [1.82, 2.24) is 4.98 Å². The van der Waals surface area contributed by atoms with Crippen molar-refractivity contribution >= 4 is 16.7 Å². The first-order chi connectivity index (χ1) is 9.79. The molecule has 106 valence electrons. The number of carbonyl (C=O) groups is 1. The third-order valence-corrected chi connectivity index (χ3v) is 3.82. The van der Waals surface area contributed by atoms with Gasteiger partial charge in [-0.15, -0.1) is 0 Å². The Hall–Kier alpha value is -1.81. The van der Waals surface area contributed by atoms with Crippen LogP contribution in [0.25, 0.3) is 10.9 Å². The molecule has 1 aliphatic rings. The molecule has 3 rings (SSSR count). The van der Waals surface area contributed by atoms with Gasteiger partial charge in [0.1, 0.15) is 5.75 Å². The third-order valence-electron chi connectivity index (χ3n) is 3.82. The molecule has 0 bridgehead atoms. The fraction of sp³-hybridized carbons (Fsp3) is 0.438. The number of hydrogen-bond acceptors (Lipinski definition) is 3. The molecule has 1 aromatic heterocycles. The second-order valence-corrected chi connectivity index (χ2v) is 5.09. The van der Waals surface area contributed by atoms with Gasteiger partial charge < -0.3 is 14.5 Å². The highest BCUT2D eigenvalue weighted by atomic mass is 16.5. The first-order valence-electron chi connectivity index (χ1n) is 7.15. The Morgan fingerprint density at radius 1 is 1.40 bits per heavy atom. The quantitative estimate of drug-likeness (QED) is 0.870. The van der Waals surface area contributed by atoms with Crippen LogP contribution in [0.2, 0.25) is 0 Å². The minimum Gasteiger partial charge on any atom is -0.494 e. The normalized spacial score (nSPS) is 16.4. The number of benzene rings is 1. The Bertz CT molecular complexity index is 611. The van der Waals surface area contributed by atoms with E-state index in [9.17, 15) is 4.79 Å². The molecular formula is C16H19NO3. The van der Waals surface area contributed by atoms with Crippen LogP contribution in [0.15, 0.2) is 24.4 Å². The summed E-state index contributed by atoms with van der Waals surface area (Å²) in [6, 6.07) is 5.83. The summed E-state index contributed by atoms with van der Waals surface area (Å²) in [6.45, 7) is 3.94. The number of fused-ring (bicyclic) bond motifs is 1. The minimum absolute atomic E-state index is 0.0819. The molecule has 4 nitrogen and oxygen atoms in total. The Balaban J connectivity index is 1.93. The standard InChI is InChI=1S/C16H19NO3/c1-2-20-12-3-4-15-13(9-12)14(10-17-15)16(18)11-5-7-19-8-6-11/h3-4,9-11,17H,2,5-8H2,1H3. The van der Waals surface area contributed by atoms with Crippen LogP contribution in [0.4, 0.5) is 0 Å². The molecule has 1 aliphatic heterocycles. The van der Waals surface area contributed by atoms with Crippen molar-refractivity contribution in [1.29, 1.82) is 0 Å². The summed E-state index contributed by atoms with van der Waals surface area (Å²) in [4.78, 5) is 15.8. The van der Waals surface area contributed by atoms with E-state index in [1.807, 2.05) is 31.3 Å². The van der Waals surface area contributed by atoms with Gasteiger partial charge in [0.2, 0.25) is 0 Å². The number of rotatable bonds is 4. The van der Waals surface area contributed by atoms with Crippen LogP contribution in [0.5, 0.6) is 5.75 Å². The fourth-order valence-corrected chi connectivity index (χ4v) is 2.74. The van der Waals surface area contributed by atoms with Crippen LogP contribution in [-0.2, 0) is 4.74 Å². The molecule has 0 amide bonds. The van der Waals surface area contributed by atoms with Crippen LogP contribution in [0.1, 0.15) is 30.1 Å². The molecular weight excluding hydrogens is 254 g/mol. The van der Waals surface area contributed by atoms with E-state index >= 15 is 0 Å². The predicted molar refractivity (Wildman–Crippen MR) is 77.3 cm³/mol. The zero-order chi connectivity index (χ0) is 13.9. The number of aromatic amines is 1. The number of ether oxygens (including phenoxy) is 2. The van der Waals surface area contributed by atoms with E-state index in [0.717, 1.165) is 35.1 Å². The van der Waals surface area contributed by atoms with Crippen LogP contribution in [-0.4, -0.2) is 30.6 Å². The van der Waals surface area contributed by atoms with Gasteiger partial charge in [0.05, 0.1) is 6.61 Å². The van der Waals surface area contributed by atoms with Crippen molar-refractivity contribution in [3.05, 3.63) is 30.0 Å². The maximum Gasteiger partial charge on any atom is 0.168 e. The first-order valence-corrected chi connectivity index (χ1v) is 7.15. The average molecular weight is 273 g/mol. The van der Waals surface area contributed by atoms with E-state index in [0.29, 0.717) is 19.8 Å². The third kappa shape index (κ3) is 2.43. The van der Waals surface area contributed by atoms with Crippen molar-refractivity contribution in [3.63, 3.8) is 0 Å². The molecule has 2 aromatic rings. The Morgan fingerprint density at radius 2 is 2.20 bits per heavy atom. The molecule has 0 saturated carbocycles. The SMILES string of the molecule is CCOc1ccc2[nH]cc(C(=O)C3CCOCC3)c2c1. The molecule has 1 saturated heterocycles. The summed E-state index contributed by atoms with van der Waals surface area (Å²) in [5, 5.41) is 0.951. The van der Waals surface area contributed by atoms with E-state index in [1.165, 1.54) is 0 Å². The summed E-state index contributed by atoms with van der Waals surface area (Å²) in [5.74, 6) is 1.10. The lowest BCUT2D eigenvalue weighted by atomic mass is 9.91. The molecule has 2 heterocycles. The monoisotopic (exact) mass is 273 g/mol. The molecule has 0 atom stereocenters. The van der Waals surface area contributed by atoms with Crippen LogP contribution < -0.4 is 4.74 Å². The maximum atomic E-state index is 12.6. The highest BCUT2D eigenvalue weighted by Crippen LogP contribution is 2.28. The van der Waals surface area contributed by atoms with Crippen molar-refractivity contribution in [2.75, 3.05) is 19.8 Å². The van der Waals surface area contributed by atoms with Gasteiger partial charge in [0.25, 0.3) is 0 Å². The lowest BCUT2D eigenvalue weighted by Crippen LogP contribution is -2.23. The molecule has 1 N–H and O–H groups in total. The maximum absolute atomic E-state index is 12.6. The van der Waals surface area contributed by atoms with Gasteiger partial charge >= 0.3 is 0 Å². The van der Waals surface area contributed by atoms with Crippen LogP contribution in [0.3, 0.4) is 0 Å². The summed E-state index contributed by atoms with van der Waals surface area (Å²) in [6.07, 6.45) is 3.45. The van der Waals surface area contributed by atoms with Crippen molar-refractivity contribution in [2.45, 2.75) is 19.8 Å². The molecule has 0 unspecified atom stereocenters. The van der Waals surface area contributed by atoms with Gasteiger partial charge in [-0.25, -0.2) is 0 Å². The number of ketones is 1. The van der Waals surface area contributed by atoms with Crippen LogP contribution in [0, 0.1) is 5.92 Å². The Labute approximate surface area is 118 Å². The number of aromatic nitrogens is 1. The Kier molecular flexibility index (Phi) is 3.74. The molecule has 4 heteroatoms. The fourth-order valence-electron chi connectivity index (χ4n) is 2.74. The van der Waals surface area contributed by atoms with Gasteiger partial charge in [-0.1, -0.05) is 0 Å². The summed E-state index contributed by atoms with van der Waals surface area (Å²) in [5.41, 5.74) is 1.75. The summed E-state index contributed by atoms with van der Waals surface area (Å²) < 4.78 is 10.8. The van der Waals surface area contributed by atoms with E-state index in [1.54, 1.807) is 0 Å².